The Hall–Kier alpha value is -6.29. The van der Waals surface area contributed by atoms with E-state index in [1.807, 2.05) is 52.5 Å². The van der Waals surface area contributed by atoms with Gasteiger partial charge in [0.15, 0.2) is 0 Å². The number of aromatic nitrogens is 1. The normalized spacial score (nSPS) is 12.9. The molecule has 8 heteroatoms. The Morgan fingerprint density at radius 2 is 0.831 bits per heavy atom. The molecule has 0 saturated heterocycles. The summed E-state index contributed by atoms with van der Waals surface area (Å²) in [7, 11) is 0. The van der Waals surface area contributed by atoms with Crippen LogP contribution in [-0.4, -0.2) is 4.98 Å². The van der Waals surface area contributed by atoms with Crippen LogP contribution in [0.1, 0.15) is 0 Å². The lowest BCUT2D eigenvalue weighted by Crippen LogP contribution is -2.03. The summed E-state index contributed by atoms with van der Waals surface area (Å²) in [5.74, 6) is 0.586. The van der Waals surface area contributed by atoms with Gasteiger partial charge >= 0.3 is 0 Å². The molecule has 2 aliphatic heterocycles. The van der Waals surface area contributed by atoms with Crippen LogP contribution in [0.4, 0.5) is 22.7 Å². The predicted octanol–water partition coefficient (Wildman–Crippen LogP) is 16.5. The molecule has 0 amide bonds. The largest absolute Gasteiger partial charge is 0.444 e. The molecule has 5 heterocycles. The van der Waals surface area contributed by atoms with Gasteiger partial charge in [0.25, 0.3) is 0 Å². The maximum absolute atomic E-state index is 6.44. The van der Waals surface area contributed by atoms with E-state index in [1.165, 1.54) is 71.3 Å². The van der Waals surface area contributed by atoms with E-state index in [9.17, 15) is 0 Å². The van der Waals surface area contributed by atoms with Crippen molar-refractivity contribution in [2.75, 3.05) is 10.6 Å². The van der Waals surface area contributed by atoms with Crippen molar-refractivity contribution in [3.05, 3.63) is 164 Å². The van der Waals surface area contributed by atoms with Crippen molar-refractivity contribution >= 4 is 109 Å². The topological polar surface area (TPSA) is 50.1 Å². The number of hydrogen-bond donors (Lipinski definition) is 2. The third kappa shape index (κ3) is 5.20. The number of anilines is 4. The summed E-state index contributed by atoms with van der Waals surface area (Å²) < 4.78 is 11.6. The van der Waals surface area contributed by atoms with E-state index < -0.39 is 0 Å². The lowest BCUT2D eigenvalue weighted by molar-refractivity contribution is 0.575. The first-order valence-corrected chi connectivity index (χ1v) is 22.7. The number of fused-ring (bicyclic) bond motifs is 12. The summed E-state index contributed by atoms with van der Waals surface area (Å²) in [6, 6.07) is 56.6. The van der Waals surface area contributed by atoms with Crippen LogP contribution >= 0.6 is 46.2 Å². The van der Waals surface area contributed by atoms with Crippen LogP contribution in [-0.2, 0) is 0 Å². The number of benzene rings is 8. The van der Waals surface area contributed by atoms with E-state index in [4.69, 9.17) is 9.40 Å². The smallest absolute Gasteiger partial charge is 0.227 e. The Labute approximate surface area is 355 Å². The van der Waals surface area contributed by atoms with Gasteiger partial charge in [0.1, 0.15) is 12.0 Å². The zero-order valence-electron chi connectivity index (χ0n) is 31.1. The van der Waals surface area contributed by atoms with E-state index >= 15 is 0 Å². The highest BCUT2D eigenvalue weighted by Crippen LogP contribution is 2.55. The maximum Gasteiger partial charge on any atom is 0.227 e. The molecule has 8 aromatic carbocycles. The van der Waals surface area contributed by atoms with Gasteiger partial charge in [0.2, 0.25) is 5.89 Å². The summed E-state index contributed by atoms with van der Waals surface area (Å²) in [6.45, 7) is 0. The number of hydrogen-bond acceptors (Lipinski definition) is 8. The average Bonchev–Trinajstić information content (AvgIpc) is 4.04. The van der Waals surface area contributed by atoms with Crippen molar-refractivity contribution < 1.29 is 4.42 Å². The molecule has 0 spiro atoms. The van der Waals surface area contributed by atoms with Crippen molar-refractivity contribution in [3.8, 4) is 45.0 Å². The minimum atomic E-state index is 0.586. The molecule has 0 saturated carbocycles. The number of thiophene rings is 2. The van der Waals surface area contributed by atoms with Gasteiger partial charge in [0.05, 0.1) is 22.7 Å². The van der Waals surface area contributed by atoms with Crippen molar-refractivity contribution in [1.29, 1.82) is 0 Å². The van der Waals surface area contributed by atoms with Crippen LogP contribution in [0.25, 0.3) is 85.3 Å². The van der Waals surface area contributed by atoms with Crippen LogP contribution in [0, 0.1) is 0 Å². The summed E-state index contributed by atoms with van der Waals surface area (Å²) in [4.78, 5) is 10.1. The first kappa shape index (κ1) is 33.7. The van der Waals surface area contributed by atoms with E-state index in [1.54, 1.807) is 0 Å². The lowest BCUT2D eigenvalue weighted by Gasteiger charge is -2.25. The standard InChI is InChI=1S/C51H29N3OS4/c1-3-13-30(28(11-1)31-17-9-21-41-47(31)53-49-43(58-41)25-23-39-45(49)34-15-5-7-19-37(34)56-39)36-27-55-51(52-36)33-14-4-2-12-29(33)32-18-10-22-42-48(32)54-50-44(59-42)26-24-40-46(50)35-16-6-8-20-38(35)57-40/h1-27,53-54H. The fraction of sp³-hybridized carbons (Fsp3) is 0. The third-order valence-corrected chi connectivity index (χ3v) is 16.0. The summed E-state index contributed by atoms with van der Waals surface area (Å²) in [6.07, 6.45) is 1.81. The fourth-order valence-corrected chi connectivity index (χ4v) is 13.1. The van der Waals surface area contributed by atoms with Crippen molar-refractivity contribution in [2.24, 2.45) is 0 Å². The van der Waals surface area contributed by atoms with E-state index in [0.717, 1.165) is 50.4 Å². The van der Waals surface area contributed by atoms with Gasteiger partial charge in [-0.3, -0.25) is 0 Å². The van der Waals surface area contributed by atoms with Crippen LogP contribution < -0.4 is 10.6 Å². The second-order valence-corrected chi connectivity index (χ2v) is 19.1. The summed E-state index contributed by atoms with van der Waals surface area (Å²) >= 11 is 7.35. The number of oxazole rings is 1. The Morgan fingerprint density at radius 3 is 1.41 bits per heavy atom. The van der Waals surface area contributed by atoms with Gasteiger partial charge in [-0.25, -0.2) is 4.98 Å². The highest BCUT2D eigenvalue weighted by atomic mass is 32.2. The number of nitrogens with zero attached hydrogens (tertiary/aromatic N) is 1. The molecule has 11 aromatic rings. The molecule has 4 nitrogen and oxygen atoms in total. The predicted molar refractivity (Wildman–Crippen MR) is 252 cm³/mol. The van der Waals surface area contributed by atoms with Gasteiger partial charge < -0.3 is 15.1 Å². The summed E-state index contributed by atoms with van der Waals surface area (Å²) in [5, 5.41) is 13.0. The van der Waals surface area contributed by atoms with Crippen LogP contribution in [0.5, 0.6) is 0 Å². The van der Waals surface area contributed by atoms with Crippen molar-refractivity contribution in [2.45, 2.75) is 19.6 Å². The SMILES string of the molecule is c1ccc(-c2cccc3c2Nc2c(ccc4sc5ccccc5c24)S3)c(-c2coc(-c3ccccc3-c3cccc4c3Nc3c(ccc5sc6ccccc6c35)S4)n2)c1. The van der Waals surface area contributed by atoms with Gasteiger partial charge in [-0.1, -0.05) is 127 Å². The van der Waals surface area contributed by atoms with E-state index in [-0.39, 0.29) is 0 Å². The van der Waals surface area contributed by atoms with Crippen molar-refractivity contribution in [1.82, 2.24) is 4.98 Å². The molecule has 0 radical (unpaired) electrons. The molecular weight excluding hydrogens is 799 g/mol. The van der Waals surface area contributed by atoms with E-state index in [2.05, 4.69) is 168 Å². The van der Waals surface area contributed by atoms with E-state index in [0.29, 0.717) is 5.89 Å². The Kier molecular flexibility index (Phi) is 7.48. The van der Waals surface area contributed by atoms with Gasteiger partial charge in [-0.2, -0.15) is 0 Å². The first-order chi connectivity index (χ1) is 29.2. The van der Waals surface area contributed by atoms with Crippen LogP contribution in [0.15, 0.2) is 188 Å². The molecule has 0 atom stereocenters. The van der Waals surface area contributed by atoms with Crippen molar-refractivity contribution in [3.63, 3.8) is 0 Å². The minimum Gasteiger partial charge on any atom is -0.444 e. The maximum atomic E-state index is 6.44. The Bertz CT molecular complexity index is 3310. The third-order valence-electron chi connectivity index (χ3n) is 11.4. The van der Waals surface area contributed by atoms with Crippen LogP contribution in [0.3, 0.4) is 0 Å². The van der Waals surface area contributed by atoms with Gasteiger partial charge in [-0.15, -0.1) is 22.7 Å². The monoisotopic (exact) mass is 827 g/mol. The first-order valence-electron chi connectivity index (χ1n) is 19.4. The number of para-hydroxylation sites is 2. The highest BCUT2D eigenvalue weighted by Gasteiger charge is 2.27. The van der Waals surface area contributed by atoms with Gasteiger partial charge in [-0.05, 0) is 65.7 Å². The molecule has 0 unspecified atom stereocenters. The molecule has 13 rings (SSSR count). The second kappa shape index (κ2) is 13.1. The molecule has 3 aromatic heterocycles. The molecule has 2 N–H and O–H groups in total. The number of rotatable bonds is 4. The summed E-state index contributed by atoms with van der Waals surface area (Å²) in [5.41, 5.74) is 11.7. The van der Waals surface area contributed by atoms with Crippen LogP contribution in [0.2, 0.25) is 0 Å². The molecule has 0 fully saturated rings. The molecule has 278 valence electrons. The lowest BCUT2D eigenvalue weighted by atomic mass is 9.96. The molecule has 0 bridgehead atoms. The van der Waals surface area contributed by atoms with Gasteiger partial charge in [0, 0.05) is 82.2 Å². The second-order valence-electron chi connectivity index (χ2n) is 14.8. The highest BCUT2D eigenvalue weighted by molar-refractivity contribution is 8.00. The number of nitrogens with one attached hydrogen (secondary N) is 2. The average molecular weight is 828 g/mol. The zero-order valence-corrected chi connectivity index (χ0v) is 34.3. The minimum absolute atomic E-state index is 0.586. The Morgan fingerprint density at radius 1 is 0.373 bits per heavy atom. The molecule has 59 heavy (non-hydrogen) atoms. The molecule has 0 aliphatic carbocycles. The fourth-order valence-electron chi connectivity index (χ4n) is 8.81. The Balaban J connectivity index is 0.892. The quantitative estimate of drug-likeness (QED) is 0.184. The molecule has 2 aliphatic rings. The zero-order chi connectivity index (χ0) is 38.6. The molecular formula is C51H29N3OS4.